The van der Waals surface area contributed by atoms with E-state index in [-0.39, 0.29) is 0 Å². The van der Waals surface area contributed by atoms with Crippen LogP contribution >= 0.6 is 15.9 Å². The maximum atomic E-state index is 10.0. The van der Waals surface area contributed by atoms with Gasteiger partial charge in [0.05, 0.1) is 6.10 Å². The molecule has 1 heterocycles. The minimum Gasteiger partial charge on any atom is -0.389 e. The second-order valence-corrected chi connectivity index (χ2v) is 6.43. The standard InChI is InChI=1S/C16H24BrNO/c1-3-6-14-7-4-5-10-18(14)16-9-8-13(17)11-15(16)12(2)19/h8-9,11-12,14,19H,3-7,10H2,1-2H3. The number of nitrogens with zero attached hydrogens (tertiary/aromatic N) is 1. The van der Waals surface area contributed by atoms with Crippen molar-refractivity contribution >= 4 is 21.6 Å². The van der Waals surface area contributed by atoms with Crippen molar-refractivity contribution in [2.24, 2.45) is 0 Å². The second kappa shape index (κ2) is 6.76. The van der Waals surface area contributed by atoms with Crippen molar-refractivity contribution in [2.45, 2.75) is 58.1 Å². The fourth-order valence-corrected chi connectivity index (χ4v) is 3.45. The molecule has 2 unspecified atom stereocenters. The predicted octanol–water partition coefficient (Wildman–Crippen LogP) is 4.66. The van der Waals surface area contributed by atoms with E-state index in [0.29, 0.717) is 6.04 Å². The number of rotatable bonds is 4. The molecule has 1 aromatic rings. The molecule has 2 nitrogen and oxygen atoms in total. The molecule has 0 spiro atoms. The van der Waals surface area contributed by atoms with Crippen molar-refractivity contribution in [2.75, 3.05) is 11.4 Å². The number of halogens is 1. The molecule has 1 aromatic carbocycles. The largest absolute Gasteiger partial charge is 0.389 e. The molecule has 19 heavy (non-hydrogen) atoms. The van der Waals surface area contributed by atoms with Gasteiger partial charge in [-0.2, -0.15) is 0 Å². The Balaban J connectivity index is 2.32. The molecule has 106 valence electrons. The number of aliphatic hydroxyl groups is 1. The van der Waals surface area contributed by atoms with E-state index in [9.17, 15) is 5.11 Å². The first-order valence-electron chi connectivity index (χ1n) is 7.37. The molecule has 0 aromatic heterocycles. The van der Waals surface area contributed by atoms with Crippen LogP contribution in [0, 0.1) is 0 Å². The highest BCUT2D eigenvalue weighted by Crippen LogP contribution is 2.34. The molecular formula is C16H24BrNO. The van der Waals surface area contributed by atoms with Crippen molar-refractivity contribution in [1.29, 1.82) is 0 Å². The maximum Gasteiger partial charge on any atom is 0.0782 e. The first-order chi connectivity index (χ1) is 9.13. The maximum absolute atomic E-state index is 10.0. The van der Waals surface area contributed by atoms with Gasteiger partial charge in [-0.25, -0.2) is 0 Å². The molecule has 0 amide bonds. The lowest BCUT2D eigenvalue weighted by atomic mass is 9.95. The monoisotopic (exact) mass is 325 g/mol. The average Bonchev–Trinajstić information content (AvgIpc) is 2.40. The summed E-state index contributed by atoms with van der Waals surface area (Å²) < 4.78 is 1.04. The quantitative estimate of drug-likeness (QED) is 0.870. The topological polar surface area (TPSA) is 23.5 Å². The second-order valence-electron chi connectivity index (χ2n) is 5.51. The van der Waals surface area contributed by atoms with Crippen molar-refractivity contribution in [3.8, 4) is 0 Å². The summed E-state index contributed by atoms with van der Waals surface area (Å²) >= 11 is 3.50. The summed E-state index contributed by atoms with van der Waals surface area (Å²) in [4.78, 5) is 2.52. The summed E-state index contributed by atoms with van der Waals surface area (Å²) in [6, 6.07) is 6.92. The van der Waals surface area contributed by atoms with Crippen molar-refractivity contribution in [3.05, 3.63) is 28.2 Å². The third-order valence-corrected chi connectivity index (χ3v) is 4.49. The minimum absolute atomic E-state index is 0.420. The summed E-state index contributed by atoms with van der Waals surface area (Å²) in [7, 11) is 0. The number of hydrogen-bond donors (Lipinski definition) is 1. The van der Waals surface area contributed by atoms with Crippen LogP contribution in [0.1, 0.15) is 57.6 Å². The number of hydrogen-bond acceptors (Lipinski definition) is 2. The Bertz CT molecular complexity index is 417. The van der Waals surface area contributed by atoms with Gasteiger partial charge in [0.25, 0.3) is 0 Å². The molecular weight excluding hydrogens is 302 g/mol. The van der Waals surface area contributed by atoms with Crippen molar-refractivity contribution in [3.63, 3.8) is 0 Å². The zero-order valence-electron chi connectivity index (χ0n) is 11.9. The Morgan fingerprint density at radius 1 is 1.42 bits per heavy atom. The highest BCUT2D eigenvalue weighted by molar-refractivity contribution is 9.10. The molecule has 1 aliphatic heterocycles. The van der Waals surface area contributed by atoms with Crippen LogP contribution in [0.3, 0.4) is 0 Å². The molecule has 1 aliphatic rings. The zero-order valence-corrected chi connectivity index (χ0v) is 13.5. The van der Waals surface area contributed by atoms with Gasteiger partial charge in [0.15, 0.2) is 0 Å². The van der Waals surface area contributed by atoms with E-state index >= 15 is 0 Å². The molecule has 0 saturated carbocycles. The fourth-order valence-electron chi connectivity index (χ4n) is 3.07. The lowest BCUT2D eigenvalue weighted by molar-refractivity contribution is 0.199. The van der Waals surface area contributed by atoms with E-state index in [0.717, 1.165) is 16.6 Å². The van der Waals surface area contributed by atoms with E-state index in [2.05, 4.69) is 46.0 Å². The van der Waals surface area contributed by atoms with Gasteiger partial charge in [0, 0.05) is 28.3 Å². The van der Waals surface area contributed by atoms with Crippen molar-refractivity contribution < 1.29 is 5.11 Å². The van der Waals surface area contributed by atoms with Crippen LogP contribution in [0.5, 0.6) is 0 Å². The summed E-state index contributed by atoms with van der Waals surface area (Å²) in [5.41, 5.74) is 2.26. The number of anilines is 1. The SMILES string of the molecule is CCCC1CCCCN1c1ccc(Br)cc1C(C)O. The van der Waals surface area contributed by atoms with Gasteiger partial charge in [0.1, 0.15) is 0 Å². The summed E-state index contributed by atoms with van der Waals surface area (Å²) in [6.45, 7) is 5.22. The van der Waals surface area contributed by atoms with Gasteiger partial charge >= 0.3 is 0 Å². The Hall–Kier alpha value is -0.540. The van der Waals surface area contributed by atoms with Crippen LogP contribution in [-0.4, -0.2) is 17.7 Å². The van der Waals surface area contributed by atoms with E-state index in [4.69, 9.17) is 0 Å². The van der Waals surface area contributed by atoms with E-state index in [1.807, 2.05) is 6.92 Å². The van der Waals surface area contributed by atoms with Gasteiger partial charge in [0.2, 0.25) is 0 Å². The lowest BCUT2D eigenvalue weighted by Gasteiger charge is -2.39. The summed E-state index contributed by atoms with van der Waals surface area (Å²) in [6.07, 6.45) is 5.92. The normalized spacial score (nSPS) is 21.5. The highest BCUT2D eigenvalue weighted by atomic mass is 79.9. The molecule has 0 bridgehead atoms. The van der Waals surface area contributed by atoms with Gasteiger partial charge in [-0.3, -0.25) is 0 Å². The van der Waals surface area contributed by atoms with Crippen LogP contribution in [0.15, 0.2) is 22.7 Å². The molecule has 1 fully saturated rings. The number of benzene rings is 1. The van der Waals surface area contributed by atoms with E-state index < -0.39 is 6.10 Å². The lowest BCUT2D eigenvalue weighted by Crippen LogP contribution is -2.40. The van der Waals surface area contributed by atoms with Crippen LogP contribution in [0.25, 0.3) is 0 Å². The first kappa shape index (κ1) is 14.9. The molecule has 0 radical (unpaired) electrons. The van der Waals surface area contributed by atoms with Crippen LogP contribution < -0.4 is 4.90 Å². The highest BCUT2D eigenvalue weighted by Gasteiger charge is 2.24. The zero-order chi connectivity index (χ0) is 13.8. The van der Waals surface area contributed by atoms with Gasteiger partial charge < -0.3 is 10.0 Å². The molecule has 1 saturated heterocycles. The van der Waals surface area contributed by atoms with E-state index in [1.165, 1.54) is 37.8 Å². The molecule has 2 rings (SSSR count). The predicted molar refractivity (Wildman–Crippen MR) is 84.7 cm³/mol. The Morgan fingerprint density at radius 2 is 2.21 bits per heavy atom. The van der Waals surface area contributed by atoms with Crippen LogP contribution in [-0.2, 0) is 0 Å². The molecule has 1 N–H and O–H groups in total. The van der Waals surface area contributed by atoms with Gasteiger partial charge in [-0.15, -0.1) is 0 Å². The summed E-state index contributed by atoms with van der Waals surface area (Å²) in [5.74, 6) is 0. The molecule has 0 aliphatic carbocycles. The third-order valence-electron chi connectivity index (χ3n) is 4.00. The van der Waals surface area contributed by atoms with E-state index in [1.54, 1.807) is 0 Å². The Morgan fingerprint density at radius 3 is 2.89 bits per heavy atom. The Labute approximate surface area is 124 Å². The first-order valence-corrected chi connectivity index (χ1v) is 8.17. The molecule has 3 heteroatoms. The van der Waals surface area contributed by atoms with Crippen LogP contribution in [0.4, 0.5) is 5.69 Å². The van der Waals surface area contributed by atoms with Gasteiger partial charge in [-0.05, 0) is 50.8 Å². The summed E-state index contributed by atoms with van der Waals surface area (Å²) in [5, 5.41) is 10.0. The fraction of sp³-hybridized carbons (Fsp3) is 0.625. The number of aliphatic hydroxyl groups excluding tert-OH is 1. The average molecular weight is 326 g/mol. The Kier molecular flexibility index (Phi) is 5.28. The van der Waals surface area contributed by atoms with Crippen LogP contribution in [0.2, 0.25) is 0 Å². The van der Waals surface area contributed by atoms with Crippen molar-refractivity contribution in [1.82, 2.24) is 0 Å². The van der Waals surface area contributed by atoms with Gasteiger partial charge in [-0.1, -0.05) is 29.3 Å². The number of piperidine rings is 1. The minimum atomic E-state index is -0.420. The third kappa shape index (κ3) is 3.51. The molecule has 2 atom stereocenters. The smallest absolute Gasteiger partial charge is 0.0782 e.